The van der Waals surface area contributed by atoms with Crippen molar-refractivity contribution in [2.75, 3.05) is 18.0 Å². The van der Waals surface area contributed by atoms with Crippen molar-refractivity contribution in [3.63, 3.8) is 0 Å². The van der Waals surface area contributed by atoms with E-state index in [9.17, 15) is 5.26 Å². The number of hydrogen-bond acceptors (Lipinski definition) is 4. The number of rotatable bonds is 4. The molecule has 0 fully saturated rings. The van der Waals surface area contributed by atoms with Crippen LogP contribution in [0.2, 0.25) is 0 Å². The fourth-order valence-electron chi connectivity index (χ4n) is 3.23. The summed E-state index contributed by atoms with van der Waals surface area (Å²) in [6, 6.07) is 16.3. The zero-order valence-corrected chi connectivity index (χ0v) is 15.9. The summed E-state index contributed by atoms with van der Waals surface area (Å²) in [5.41, 5.74) is 9.58. The number of ether oxygens (including phenoxy) is 1. The number of fused-ring (bicyclic) bond motifs is 1. The highest BCUT2D eigenvalue weighted by atomic mass is 79.9. The van der Waals surface area contributed by atoms with E-state index >= 15 is 0 Å². The van der Waals surface area contributed by atoms with Crippen molar-refractivity contribution < 1.29 is 4.74 Å². The van der Waals surface area contributed by atoms with Gasteiger partial charge in [0, 0.05) is 34.9 Å². The lowest BCUT2D eigenvalue weighted by atomic mass is 9.83. The Balaban J connectivity index is 2.12. The zero-order chi connectivity index (χ0) is 18.0. The zero-order valence-electron chi connectivity index (χ0n) is 14.3. The lowest BCUT2D eigenvalue weighted by molar-refractivity contribution is 0.393. The quantitative estimate of drug-likeness (QED) is 0.823. The first kappa shape index (κ1) is 17.4. The number of nitriles is 1. The monoisotopic (exact) mass is 397 g/mol. The van der Waals surface area contributed by atoms with Crippen LogP contribution < -0.4 is 15.4 Å². The van der Waals surface area contributed by atoms with Crippen LogP contribution in [0.5, 0.6) is 5.75 Å². The molecule has 0 bridgehead atoms. The standard InChI is InChI=1S/C20H20BrN3O/c1-3-24(4-2)15-9-10-16-18(11-15)25-20(23)17(12-22)19(16)13-5-7-14(21)8-6-13/h5-11,19H,3-4,23H2,1-2H3/t19-/m0/s1. The Morgan fingerprint density at radius 2 is 1.84 bits per heavy atom. The van der Waals surface area contributed by atoms with Crippen LogP contribution in [-0.4, -0.2) is 13.1 Å². The fourth-order valence-corrected chi connectivity index (χ4v) is 3.49. The molecule has 0 aromatic heterocycles. The van der Waals surface area contributed by atoms with Gasteiger partial charge in [-0.05, 0) is 37.6 Å². The van der Waals surface area contributed by atoms with Gasteiger partial charge in [0.25, 0.3) is 0 Å². The number of nitrogens with zero attached hydrogens (tertiary/aromatic N) is 2. The van der Waals surface area contributed by atoms with Gasteiger partial charge in [-0.1, -0.05) is 34.1 Å². The molecule has 1 atom stereocenters. The molecule has 2 aromatic carbocycles. The summed E-state index contributed by atoms with van der Waals surface area (Å²) < 4.78 is 6.79. The topological polar surface area (TPSA) is 62.3 Å². The SMILES string of the molecule is CCN(CC)c1ccc2c(c1)OC(N)=C(C#N)[C@H]2c1ccc(Br)cc1. The predicted octanol–water partition coefficient (Wildman–Crippen LogP) is 4.51. The number of nitrogens with two attached hydrogens (primary N) is 1. The molecule has 1 aliphatic rings. The summed E-state index contributed by atoms with van der Waals surface area (Å²) in [6.45, 7) is 6.08. The summed E-state index contributed by atoms with van der Waals surface area (Å²) in [5.74, 6) is 0.682. The van der Waals surface area contributed by atoms with Crippen molar-refractivity contribution >= 4 is 21.6 Å². The molecule has 0 saturated heterocycles. The van der Waals surface area contributed by atoms with E-state index in [4.69, 9.17) is 10.5 Å². The second-order valence-corrected chi connectivity index (χ2v) is 6.79. The van der Waals surface area contributed by atoms with Crippen LogP contribution in [0.1, 0.15) is 30.9 Å². The highest BCUT2D eigenvalue weighted by molar-refractivity contribution is 9.10. The number of hydrogen-bond donors (Lipinski definition) is 1. The number of benzene rings is 2. The van der Waals surface area contributed by atoms with Crippen LogP contribution in [0.3, 0.4) is 0 Å². The molecule has 5 heteroatoms. The second kappa shape index (κ2) is 7.20. The van der Waals surface area contributed by atoms with Crippen molar-refractivity contribution in [1.82, 2.24) is 0 Å². The van der Waals surface area contributed by atoms with E-state index in [1.54, 1.807) is 0 Å². The van der Waals surface area contributed by atoms with E-state index in [2.05, 4.69) is 46.8 Å². The molecule has 0 unspecified atom stereocenters. The van der Waals surface area contributed by atoms with E-state index in [1.165, 1.54) is 0 Å². The predicted molar refractivity (Wildman–Crippen MR) is 103 cm³/mol. The Bertz CT molecular complexity index is 848. The smallest absolute Gasteiger partial charge is 0.205 e. The third-order valence-electron chi connectivity index (χ3n) is 4.53. The first-order valence-electron chi connectivity index (χ1n) is 8.31. The highest BCUT2D eigenvalue weighted by Crippen LogP contribution is 2.43. The molecule has 25 heavy (non-hydrogen) atoms. The van der Waals surface area contributed by atoms with Crippen molar-refractivity contribution in [3.8, 4) is 11.8 Å². The van der Waals surface area contributed by atoms with Crippen molar-refractivity contribution in [2.45, 2.75) is 19.8 Å². The maximum absolute atomic E-state index is 9.61. The normalized spacial score (nSPS) is 16.0. The van der Waals surface area contributed by atoms with Crippen LogP contribution in [0.25, 0.3) is 0 Å². The van der Waals surface area contributed by atoms with Crippen LogP contribution in [0.4, 0.5) is 5.69 Å². The molecule has 128 valence electrons. The molecule has 0 radical (unpaired) electrons. The van der Waals surface area contributed by atoms with Crippen molar-refractivity contribution in [2.24, 2.45) is 5.73 Å². The summed E-state index contributed by atoms with van der Waals surface area (Å²) in [4.78, 5) is 2.25. The number of halogens is 1. The molecule has 4 nitrogen and oxygen atoms in total. The summed E-state index contributed by atoms with van der Waals surface area (Å²) in [5, 5.41) is 9.61. The first-order valence-corrected chi connectivity index (χ1v) is 9.10. The third-order valence-corrected chi connectivity index (χ3v) is 5.06. The summed E-state index contributed by atoms with van der Waals surface area (Å²) >= 11 is 3.45. The number of anilines is 1. The average molecular weight is 398 g/mol. The van der Waals surface area contributed by atoms with Crippen LogP contribution in [0, 0.1) is 11.3 Å². The lowest BCUT2D eigenvalue weighted by Crippen LogP contribution is -2.24. The lowest BCUT2D eigenvalue weighted by Gasteiger charge is -2.29. The van der Waals surface area contributed by atoms with Gasteiger partial charge in [-0.25, -0.2) is 0 Å². The van der Waals surface area contributed by atoms with E-state index in [1.807, 2.05) is 36.4 Å². The maximum Gasteiger partial charge on any atom is 0.205 e. The van der Waals surface area contributed by atoms with Gasteiger partial charge in [-0.2, -0.15) is 5.26 Å². The molecule has 0 aliphatic carbocycles. The fraction of sp³-hybridized carbons (Fsp3) is 0.250. The van der Waals surface area contributed by atoms with Crippen LogP contribution in [0.15, 0.2) is 58.4 Å². The highest BCUT2D eigenvalue weighted by Gasteiger charge is 2.30. The minimum atomic E-state index is -0.215. The summed E-state index contributed by atoms with van der Waals surface area (Å²) in [7, 11) is 0. The average Bonchev–Trinajstić information content (AvgIpc) is 2.62. The minimum Gasteiger partial charge on any atom is -0.440 e. The van der Waals surface area contributed by atoms with Gasteiger partial charge in [0.2, 0.25) is 5.88 Å². The molecule has 0 spiro atoms. The molecule has 0 amide bonds. The van der Waals surface area contributed by atoms with Crippen LogP contribution >= 0.6 is 15.9 Å². The van der Waals surface area contributed by atoms with Gasteiger partial charge in [-0.15, -0.1) is 0 Å². The molecule has 1 aliphatic heterocycles. The summed E-state index contributed by atoms with van der Waals surface area (Å²) in [6.07, 6.45) is 0. The van der Waals surface area contributed by atoms with Gasteiger partial charge in [0.05, 0.1) is 5.92 Å². The van der Waals surface area contributed by atoms with E-state index in [0.717, 1.165) is 34.4 Å². The Morgan fingerprint density at radius 3 is 2.44 bits per heavy atom. The molecule has 2 N–H and O–H groups in total. The van der Waals surface area contributed by atoms with E-state index in [0.29, 0.717) is 11.3 Å². The van der Waals surface area contributed by atoms with E-state index < -0.39 is 0 Å². The maximum atomic E-state index is 9.61. The largest absolute Gasteiger partial charge is 0.440 e. The van der Waals surface area contributed by atoms with Gasteiger partial charge < -0.3 is 15.4 Å². The number of allylic oxidation sites excluding steroid dienone is 1. The Kier molecular flexibility index (Phi) is 5.00. The van der Waals surface area contributed by atoms with Gasteiger partial charge in [0.1, 0.15) is 17.4 Å². The van der Waals surface area contributed by atoms with Crippen molar-refractivity contribution in [1.29, 1.82) is 5.26 Å². The van der Waals surface area contributed by atoms with Gasteiger partial charge >= 0.3 is 0 Å². The van der Waals surface area contributed by atoms with Crippen molar-refractivity contribution in [3.05, 3.63) is 69.5 Å². The Labute approximate surface area is 156 Å². The molecule has 3 rings (SSSR count). The molecule has 2 aromatic rings. The Hall–Kier alpha value is -2.45. The first-order chi connectivity index (χ1) is 12.1. The van der Waals surface area contributed by atoms with Gasteiger partial charge in [-0.3, -0.25) is 0 Å². The third kappa shape index (κ3) is 3.22. The van der Waals surface area contributed by atoms with Gasteiger partial charge in [0.15, 0.2) is 0 Å². The van der Waals surface area contributed by atoms with E-state index in [-0.39, 0.29) is 11.8 Å². The molecular formula is C20H20BrN3O. The minimum absolute atomic E-state index is 0.180. The Morgan fingerprint density at radius 1 is 1.16 bits per heavy atom. The second-order valence-electron chi connectivity index (χ2n) is 5.87. The molecule has 0 saturated carbocycles. The molecule has 1 heterocycles. The molecular weight excluding hydrogens is 378 g/mol. The van der Waals surface area contributed by atoms with Crippen LogP contribution in [-0.2, 0) is 0 Å².